The average Bonchev–Trinajstić information content (AvgIpc) is 2.69. The van der Waals surface area contributed by atoms with Gasteiger partial charge in [-0.3, -0.25) is 4.79 Å². The smallest absolute Gasteiger partial charge is 0.354 e. The fourth-order valence-corrected chi connectivity index (χ4v) is 2.23. The van der Waals surface area contributed by atoms with Crippen molar-refractivity contribution in [1.82, 2.24) is 5.32 Å². The second-order valence-electron chi connectivity index (χ2n) is 5.46. The van der Waals surface area contributed by atoms with Crippen molar-refractivity contribution in [3.8, 4) is 5.75 Å². The van der Waals surface area contributed by atoms with Crippen LogP contribution >= 0.6 is 0 Å². The van der Waals surface area contributed by atoms with Gasteiger partial charge in [0.15, 0.2) is 23.2 Å². The van der Waals surface area contributed by atoms with Crippen molar-refractivity contribution in [1.29, 1.82) is 0 Å². The van der Waals surface area contributed by atoms with Gasteiger partial charge in [0, 0.05) is 12.6 Å². The van der Waals surface area contributed by atoms with E-state index in [0.717, 1.165) is 5.56 Å². The third kappa shape index (κ3) is 4.48. The molecule has 148 valence electrons. The number of phenolic OH excluding ortho intramolecular Hbond substituents is 1. The van der Waals surface area contributed by atoms with Crippen LogP contribution in [0.5, 0.6) is 5.75 Å². The van der Waals surface area contributed by atoms with E-state index >= 15 is 0 Å². The molecule has 0 atom stereocenters. The number of carbonyl (C=O) groups excluding carboxylic acids is 2. The summed E-state index contributed by atoms with van der Waals surface area (Å²) < 4.78 is 58.6. The summed E-state index contributed by atoms with van der Waals surface area (Å²) in [7, 11) is 0. The van der Waals surface area contributed by atoms with Crippen LogP contribution in [-0.2, 0) is 16.1 Å². The lowest BCUT2D eigenvalue weighted by Crippen LogP contribution is -2.23. The van der Waals surface area contributed by atoms with Crippen molar-refractivity contribution in [2.75, 3.05) is 6.61 Å². The van der Waals surface area contributed by atoms with Crippen LogP contribution in [0.25, 0.3) is 0 Å². The molecule has 0 radical (unpaired) electrons. The molecule has 0 aliphatic carbocycles. The van der Waals surface area contributed by atoms with Crippen molar-refractivity contribution in [3.05, 3.63) is 76.5 Å². The van der Waals surface area contributed by atoms with Gasteiger partial charge in [0.05, 0.1) is 6.61 Å². The molecule has 2 N–H and O–H groups in total. The van der Waals surface area contributed by atoms with E-state index in [-0.39, 0.29) is 13.2 Å². The lowest BCUT2D eigenvalue weighted by atomic mass is 10.1. The number of ether oxygens (including phenoxy) is 1. The largest absolute Gasteiger partial charge is 0.504 e. The summed E-state index contributed by atoms with van der Waals surface area (Å²) in [5.41, 5.74) is -1.17. The predicted octanol–water partition coefficient (Wildman–Crippen LogP) is 3.37. The predicted molar refractivity (Wildman–Crippen MR) is 90.3 cm³/mol. The summed E-state index contributed by atoms with van der Waals surface area (Å²) in [5.74, 6) is -12.9. The van der Waals surface area contributed by atoms with Crippen LogP contribution in [0.2, 0.25) is 0 Å². The number of hydrogen-bond acceptors (Lipinski definition) is 5. The summed E-state index contributed by atoms with van der Waals surface area (Å²) in [6.45, 7) is 1.53. The van der Waals surface area contributed by atoms with E-state index in [0.29, 0.717) is 6.08 Å². The number of aromatic hydroxyl groups is 1. The molecular formula is C19H15F4NO4. The minimum Gasteiger partial charge on any atom is -0.504 e. The van der Waals surface area contributed by atoms with Crippen molar-refractivity contribution in [3.63, 3.8) is 0 Å². The second-order valence-corrected chi connectivity index (χ2v) is 5.46. The number of benzene rings is 2. The highest BCUT2D eigenvalue weighted by Gasteiger charge is 2.29. The monoisotopic (exact) mass is 397 g/mol. The van der Waals surface area contributed by atoms with E-state index in [2.05, 4.69) is 5.32 Å². The quantitative estimate of drug-likeness (QED) is 0.187. The van der Waals surface area contributed by atoms with E-state index in [1.54, 1.807) is 30.3 Å². The van der Waals surface area contributed by atoms with Crippen molar-refractivity contribution >= 4 is 11.8 Å². The topological polar surface area (TPSA) is 75.6 Å². The minimum atomic E-state index is -2.26. The number of phenols is 1. The van der Waals surface area contributed by atoms with Gasteiger partial charge in [0.2, 0.25) is 11.6 Å². The molecule has 0 heterocycles. The summed E-state index contributed by atoms with van der Waals surface area (Å²) >= 11 is 0. The Morgan fingerprint density at radius 2 is 1.64 bits per heavy atom. The molecule has 0 fully saturated rings. The van der Waals surface area contributed by atoms with Crippen LogP contribution < -0.4 is 5.32 Å². The van der Waals surface area contributed by atoms with Crippen LogP contribution in [0.15, 0.2) is 42.1 Å². The molecule has 0 aliphatic rings. The molecule has 0 amide bonds. The number of esters is 1. The number of allylic oxidation sites excluding steroid dienone is 1. The Balaban J connectivity index is 2.40. The first kappa shape index (κ1) is 20.9. The molecule has 0 spiro atoms. The third-order valence-electron chi connectivity index (χ3n) is 3.59. The van der Waals surface area contributed by atoms with Gasteiger partial charge in [-0.05, 0) is 12.5 Å². The molecule has 0 saturated carbocycles. The fraction of sp³-hybridized carbons (Fsp3) is 0.158. The van der Waals surface area contributed by atoms with Gasteiger partial charge in [-0.2, -0.15) is 4.39 Å². The third-order valence-corrected chi connectivity index (χ3v) is 3.59. The van der Waals surface area contributed by atoms with Crippen LogP contribution in [0, 0.1) is 23.3 Å². The normalized spacial score (nSPS) is 11.2. The molecular weight excluding hydrogens is 382 g/mol. The number of halogens is 4. The SMILES string of the molecule is CCOC(=O)C(=CC(=O)c1c(O)c(F)c(F)c(F)c1F)NCc1ccccc1. The van der Waals surface area contributed by atoms with E-state index < -0.39 is 52.0 Å². The Kier molecular flexibility index (Phi) is 6.75. The number of hydrogen-bond donors (Lipinski definition) is 2. The fourth-order valence-electron chi connectivity index (χ4n) is 2.23. The van der Waals surface area contributed by atoms with E-state index in [4.69, 9.17) is 4.74 Å². The molecule has 2 aromatic carbocycles. The molecule has 0 unspecified atom stereocenters. The van der Waals surface area contributed by atoms with Gasteiger partial charge in [0.25, 0.3) is 0 Å². The van der Waals surface area contributed by atoms with Crippen molar-refractivity contribution in [2.24, 2.45) is 0 Å². The first-order valence-corrected chi connectivity index (χ1v) is 8.03. The summed E-state index contributed by atoms with van der Waals surface area (Å²) in [6, 6.07) is 8.65. The average molecular weight is 397 g/mol. The summed E-state index contributed by atoms with van der Waals surface area (Å²) in [4.78, 5) is 24.3. The maximum absolute atomic E-state index is 13.9. The zero-order valence-corrected chi connectivity index (χ0v) is 14.6. The van der Waals surface area contributed by atoms with E-state index in [9.17, 15) is 32.3 Å². The van der Waals surface area contributed by atoms with E-state index in [1.807, 2.05) is 0 Å². The second kappa shape index (κ2) is 9.03. The zero-order chi connectivity index (χ0) is 20.8. The Morgan fingerprint density at radius 3 is 2.25 bits per heavy atom. The molecule has 9 heteroatoms. The minimum absolute atomic E-state index is 0.0448. The van der Waals surface area contributed by atoms with Gasteiger partial charge in [-0.25, -0.2) is 18.0 Å². The van der Waals surface area contributed by atoms with Crippen LogP contribution in [-0.4, -0.2) is 23.5 Å². The first-order valence-electron chi connectivity index (χ1n) is 8.03. The number of rotatable bonds is 7. The molecule has 0 aromatic heterocycles. The number of carbonyl (C=O) groups is 2. The number of nitrogens with one attached hydrogen (secondary N) is 1. The molecule has 0 saturated heterocycles. The van der Waals surface area contributed by atoms with Gasteiger partial charge < -0.3 is 15.2 Å². The number of ketones is 1. The maximum atomic E-state index is 13.9. The van der Waals surface area contributed by atoms with Gasteiger partial charge in [0.1, 0.15) is 11.3 Å². The highest BCUT2D eigenvalue weighted by Crippen LogP contribution is 2.30. The molecule has 0 aliphatic heterocycles. The molecule has 2 rings (SSSR count). The van der Waals surface area contributed by atoms with Crippen LogP contribution in [0.1, 0.15) is 22.8 Å². The standard InChI is InChI=1S/C19H15F4NO4/c1-2-28-19(27)11(24-9-10-6-4-3-5-7-10)8-12(25)13-14(20)15(21)16(22)17(23)18(13)26/h3-8,24,26H,2,9H2,1H3. The van der Waals surface area contributed by atoms with Crippen molar-refractivity contribution in [2.45, 2.75) is 13.5 Å². The maximum Gasteiger partial charge on any atom is 0.354 e. The molecule has 2 aromatic rings. The Labute approximate surface area is 157 Å². The summed E-state index contributed by atoms with van der Waals surface area (Å²) in [5, 5.41) is 12.1. The van der Waals surface area contributed by atoms with Crippen molar-refractivity contribution < 1.29 is 37.0 Å². The van der Waals surface area contributed by atoms with Crippen LogP contribution in [0.4, 0.5) is 17.6 Å². The Hall–Kier alpha value is -3.36. The highest BCUT2D eigenvalue weighted by atomic mass is 19.2. The molecule has 28 heavy (non-hydrogen) atoms. The first-order chi connectivity index (χ1) is 13.3. The molecule has 5 nitrogen and oxygen atoms in total. The highest BCUT2D eigenvalue weighted by molar-refractivity contribution is 6.10. The van der Waals surface area contributed by atoms with E-state index in [1.165, 1.54) is 6.92 Å². The Morgan fingerprint density at radius 1 is 1.04 bits per heavy atom. The Bertz CT molecular complexity index is 900. The van der Waals surface area contributed by atoms with Gasteiger partial charge in [-0.15, -0.1) is 0 Å². The lowest BCUT2D eigenvalue weighted by molar-refractivity contribution is -0.139. The van der Waals surface area contributed by atoms with Gasteiger partial charge >= 0.3 is 5.97 Å². The lowest BCUT2D eigenvalue weighted by Gasteiger charge is -2.11. The van der Waals surface area contributed by atoms with Gasteiger partial charge in [-0.1, -0.05) is 30.3 Å². The molecule has 0 bridgehead atoms. The zero-order valence-electron chi connectivity index (χ0n) is 14.6. The van der Waals surface area contributed by atoms with Crippen LogP contribution in [0.3, 0.4) is 0 Å². The summed E-state index contributed by atoms with van der Waals surface area (Å²) in [6.07, 6.45) is 0.510.